The summed E-state index contributed by atoms with van der Waals surface area (Å²) in [4.78, 5) is 14.4. The van der Waals surface area contributed by atoms with Crippen molar-refractivity contribution in [3.8, 4) is 0 Å². The lowest BCUT2D eigenvalue weighted by molar-refractivity contribution is 0.0922. The van der Waals surface area contributed by atoms with Crippen molar-refractivity contribution in [3.05, 3.63) is 65.0 Å². The number of carbonyl (C=O) groups is 1. The molecule has 2 aromatic carbocycles. The summed E-state index contributed by atoms with van der Waals surface area (Å²) in [5.74, 6) is -0.635. The van der Waals surface area contributed by atoms with Crippen molar-refractivity contribution < 1.29 is 9.18 Å². The lowest BCUT2D eigenvalue weighted by Gasteiger charge is -2.34. The number of piperidine rings is 1. The van der Waals surface area contributed by atoms with Gasteiger partial charge in [0, 0.05) is 30.4 Å². The van der Waals surface area contributed by atoms with E-state index in [9.17, 15) is 9.18 Å². The van der Waals surface area contributed by atoms with Gasteiger partial charge in [-0.3, -0.25) is 4.79 Å². The van der Waals surface area contributed by atoms with Crippen LogP contribution in [0.15, 0.2) is 42.5 Å². The Bertz CT molecular complexity index is 847. The quantitative estimate of drug-likeness (QED) is 0.783. The van der Waals surface area contributed by atoms with Crippen LogP contribution in [-0.2, 0) is 0 Å². The molecule has 0 aromatic heterocycles. The SMILES string of the molecule is Cc1cccc(NC(=S)N2CCC(NC(=O)c3cccc(F)c3)CC2)c1C. The van der Waals surface area contributed by atoms with Crippen molar-refractivity contribution >= 4 is 28.9 Å². The van der Waals surface area contributed by atoms with E-state index in [0.29, 0.717) is 10.7 Å². The second-order valence-corrected chi connectivity index (χ2v) is 7.31. The second kappa shape index (κ2) is 8.48. The van der Waals surface area contributed by atoms with Gasteiger partial charge in [-0.25, -0.2) is 4.39 Å². The monoisotopic (exact) mass is 385 g/mol. The summed E-state index contributed by atoms with van der Waals surface area (Å²) >= 11 is 5.56. The third-order valence-corrected chi connectivity index (χ3v) is 5.41. The molecule has 1 aliphatic rings. The van der Waals surface area contributed by atoms with E-state index in [1.54, 1.807) is 12.1 Å². The summed E-state index contributed by atoms with van der Waals surface area (Å²) in [5.41, 5.74) is 3.80. The molecule has 1 aliphatic heterocycles. The van der Waals surface area contributed by atoms with Crippen molar-refractivity contribution in [2.24, 2.45) is 0 Å². The molecule has 0 aliphatic carbocycles. The molecule has 0 atom stereocenters. The fraction of sp³-hybridized carbons (Fsp3) is 0.333. The number of carbonyl (C=O) groups excluding carboxylic acids is 1. The van der Waals surface area contributed by atoms with Gasteiger partial charge in [0.15, 0.2) is 5.11 Å². The van der Waals surface area contributed by atoms with Gasteiger partial charge < -0.3 is 15.5 Å². The molecule has 1 amide bonds. The first kappa shape index (κ1) is 19.3. The number of nitrogens with one attached hydrogen (secondary N) is 2. The average molecular weight is 386 g/mol. The summed E-state index contributed by atoms with van der Waals surface area (Å²) < 4.78 is 13.3. The Morgan fingerprint density at radius 2 is 1.85 bits per heavy atom. The minimum absolute atomic E-state index is 0.0699. The van der Waals surface area contributed by atoms with E-state index in [0.717, 1.165) is 31.6 Å². The van der Waals surface area contributed by atoms with Crippen LogP contribution < -0.4 is 10.6 Å². The molecule has 0 spiro atoms. The highest BCUT2D eigenvalue weighted by atomic mass is 32.1. The Morgan fingerprint density at radius 3 is 2.56 bits per heavy atom. The highest BCUT2D eigenvalue weighted by Crippen LogP contribution is 2.20. The molecule has 1 saturated heterocycles. The largest absolute Gasteiger partial charge is 0.349 e. The Kier molecular flexibility index (Phi) is 6.06. The minimum atomic E-state index is -0.402. The van der Waals surface area contributed by atoms with Gasteiger partial charge in [0.1, 0.15) is 5.82 Å². The summed E-state index contributed by atoms with van der Waals surface area (Å²) in [6, 6.07) is 12.0. The van der Waals surface area contributed by atoms with Crippen LogP contribution in [0.1, 0.15) is 34.3 Å². The smallest absolute Gasteiger partial charge is 0.251 e. The summed E-state index contributed by atoms with van der Waals surface area (Å²) in [5, 5.41) is 7.04. The predicted molar refractivity (Wildman–Crippen MR) is 111 cm³/mol. The van der Waals surface area contributed by atoms with Gasteiger partial charge in [-0.1, -0.05) is 18.2 Å². The van der Waals surface area contributed by atoms with Crippen molar-refractivity contribution in [3.63, 3.8) is 0 Å². The molecule has 4 nitrogen and oxygen atoms in total. The zero-order chi connectivity index (χ0) is 19.4. The van der Waals surface area contributed by atoms with Gasteiger partial charge in [0.25, 0.3) is 5.91 Å². The summed E-state index contributed by atoms with van der Waals surface area (Å²) in [6.07, 6.45) is 1.60. The Hall–Kier alpha value is -2.47. The van der Waals surface area contributed by atoms with Crippen molar-refractivity contribution in [2.75, 3.05) is 18.4 Å². The molecule has 142 valence electrons. The number of likely N-dealkylation sites (tertiary alicyclic amines) is 1. The maximum Gasteiger partial charge on any atom is 0.251 e. The molecule has 0 bridgehead atoms. The molecule has 1 fully saturated rings. The molecular weight excluding hydrogens is 361 g/mol. The van der Waals surface area contributed by atoms with E-state index in [2.05, 4.69) is 35.4 Å². The number of amides is 1. The second-order valence-electron chi connectivity index (χ2n) is 6.92. The van der Waals surface area contributed by atoms with Crippen LogP contribution >= 0.6 is 12.2 Å². The standard InChI is InChI=1S/C21H24FN3OS/c1-14-5-3-8-19(15(14)2)24-21(27)25-11-9-18(10-12-25)23-20(26)16-6-4-7-17(22)13-16/h3-8,13,18H,9-12H2,1-2H3,(H,23,26)(H,24,27). The van der Waals surface area contributed by atoms with Crippen LogP contribution in [0.4, 0.5) is 10.1 Å². The summed E-state index contributed by atoms with van der Waals surface area (Å²) in [6.45, 7) is 5.69. The molecular formula is C21H24FN3OS. The lowest BCUT2D eigenvalue weighted by atomic mass is 10.0. The van der Waals surface area contributed by atoms with Crippen LogP contribution in [-0.4, -0.2) is 35.1 Å². The highest BCUT2D eigenvalue weighted by Gasteiger charge is 2.23. The van der Waals surface area contributed by atoms with E-state index in [-0.39, 0.29) is 11.9 Å². The Morgan fingerprint density at radius 1 is 1.15 bits per heavy atom. The van der Waals surface area contributed by atoms with Crippen LogP contribution in [0.5, 0.6) is 0 Å². The number of nitrogens with zero attached hydrogens (tertiary/aromatic N) is 1. The highest BCUT2D eigenvalue weighted by molar-refractivity contribution is 7.80. The zero-order valence-corrected chi connectivity index (χ0v) is 16.4. The molecule has 3 rings (SSSR count). The number of thiocarbonyl (C=S) groups is 1. The zero-order valence-electron chi connectivity index (χ0n) is 15.6. The maximum atomic E-state index is 13.3. The van der Waals surface area contributed by atoms with Gasteiger partial charge in [-0.2, -0.15) is 0 Å². The van der Waals surface area contributed by atoms with E-state index in [1.807, 2.05) is 12.1 Å². The van der Waals surface area contributed by atoms with Crippen molar-refractivity contribution in [2.45, 2.75) is 32.7 Å². The van der Waals surface area contributed by atoms with Crippen LogP contribution in [0.3, 0.4) is 0 Å². The number of anilines is 1. The van der Waals surface area contributed by atoms with E-state index in [4.69, 9.17) is 12.2 Å². The first-order valence-electron chi connectivity index (χ1n) is 9.12. The van der Waals surface area contributed by atoms with Crippen LogP contribution in [0.25, 0.3) is 0 Å². The van der Waals surface area contributed by atoms with E-state index < -0.39 is 5.82 Å². The predicted octanol–water partition coefficient (Wildman–Crippen LogP) is 4.03. The first-order valence-corrected chi connectivity index (χ1v) is 9.53. The number of benzene rings is 2. The van der Waals surface area contributed by atoms with Crippen molar-refractivity contribution in [1.29, 1.82) is 0 Å². The average Bonchev–Trinajstić information content (AvgIpc) is 2.66. The maximum absolute atomic E-state index is 13.3. The molecule has 2 N–H and O–H groups in total. The normalized spacial score (nSPS) is 14.7. The third kappa shape index (κ3) is 4.83. The molecule has 0 saturated carbocycles. The Balaban J connectivity index is 1.52. The fourth-order valence-corrected chi connectivity index (χ4v) is 3.50. The van der Waals surface area contributed by atoms with Gasteiger partial charge in [-0.05, 0) is 74.3 Å². The van der Waals surface area contributed by atoms with Crippen LogP contribution in [0.2, 0.25) is 0 Å². The van der Waals surface area contributed by atoms with E-state index >= 15 is 0 Å². The molecule has 1 heterocycles. The molecule has 6 heteroatoms. The van der Waals surface area contributed by atoms with Gasteiger partial charge >= 0.3 is 0 Å². The number of hydrogen-bond acceptors (Lipinski definition) is 2. The van der Waals surface area contributed by atoms with Crippen molar-refractivity contribution in [1.82, 2.24) is 10.2 Å². The van der Waals surface area contributed by atoms with Gasteiger partial charge in [-0.15, -0.1) is 0 Å². The fourth-order valence-electron chi connectivity index (χ4n) is 3.21. The van der Waals surface area contributed by atoms with Gasteiger partial charge in [0.2, 0.25) is 0 Å². The van der Waals surface area contributed by atoms with E-state index in [1.165, 1.54) is 23.3 Å². The lowest BCUT2D eigenvalue weighted by Crippen LogP contribution is -2.47. The molecule has 2 aromatic rings. The number of hydrogen-bond donors (Lipinski definition) is 2. The number of rotatable bonds is 3. The van der Waals surface area contributed by atoms with Crippen LogP contribution in [0, 0.1) is 19.7 Å². The number of aryl methyl sites for hydroxylation is 1. The minimum Gasteiger partial charge on any atom is -0.349 e. The molecule has 0 radical (unpaired) electrons. The molecule has 27 heavy (non-hydrogen) atoms. The van der Waals surface area contributed by atoms with Gasteiger partial charge in [0.05, 0.1) is 0 Å². The summed E-state index contributed by atoms with van der Waals surface area (Å²) in [7, 11) is 0. The Labute approximate surface area is 164 Å². The molecule has 0 unspecified atom stereocenters. The number of halogens is 1. The topological polar surface area (TPSA) is 44.4 Å². The third-order valence-electron chi connectivity index (χ3n) is 5.05. The first-order chi connectivity index (χ1) is 12.9.